The molecule has 0 aromatic heterocycles. The van der Waals surface area contributed by atoms with E-state index in [1.807, 2.05) is 45.0 Å². The molecule has 4 heteroatoms. The summed E-state index contributed by atoms with van der Waals surface area (Å²) < 4.78 is 6.77. The Hall–Kier alpha value is -1.03. The van der Waals surface area contributed by atoms with Gasteiger partial charge in [0.2, 0.25) is 5.91 Å². The lowest BCUT2D eigenvalue weighted by molar-refractivity contribution is -0.124. The Kier molecular flexibility index (Phi) is 3.66. The van der Waals surface area contributed by atoms with E-state index in [0.717, 1.165) is 16.6 Å². The third-order valence-corrected chi connectivity index (χ3v) is 3.20. The first-order chi connectivity index (χ1) is 8.35. The van der Waals surface area contributed by atoms with Crippen molar-refractivity contribution < 1.29 is 9.53 Å². The van der Waals surface area contributed by atoms with Crippen LogP contribution in [-0.4, -0.2) is 17.6 Å². The van der Waals surface area contributed by atoms with E-state index in [4.69, 9.17) is 4.74 Å². The maximum atomic E-state index is 11.9. The van der Waals surface area contributed by atoms with Crippen LogP contribution in [-0.2, 0) is 4.79 Å². The highest BCUT2D eigenvalue weighted by Gasteiger charge is 2.46. The van der Waals surface area contributed by atoms with Crippen LogP contribution in [0.25, 0.3) is 0 Å². The minimum atomic E-state index is -0.179. The molecule has 1 amide bonds. The molecule has 0 saturated heterocycles. The van der Waals surface area contributed by atoms with Crippen molar-refractivity contribution in [3.63, 3.8) is 0 Å². The molecule has 0 radical (unpaired) electrons. The van der Waals surface area contributed by atoms with Crippen molar-refractivity contribution in [1.29, 1.82) is 0 Å². The Morgan fingerprint density at radius 1 is 1.33 bits per heavy atom. The summed E-state index contributed by atoms with van der Waals surface area (Å²) in [5.41, 5.74) is -0.179. The van der Waals surface area contributed by atoms with Crippen LogP contribution in [0.1, 0.15) is 27.2 Å². The predicted molar refractivity (Wildman–Crippen MR) is 74.6 cm³/mol. The van der Waals surface area contributed by atoms with Gasteiger partial charge < -0.3 is 10.1 Å². The van der Waals surface area contributed by atoms with Gasteiger partial charge in [0, 0.05) is 16.4 Å². The zero-order valence-electron chi connectivity index (χ0n) is 10.9. The molecular formula is C14H18BrNO2. The second-order valence-electron chi connectivity index (χ2n) is 5.69. The number of hydrogen-bond donors (Lipinski definition) is 1. The molecule has 98 valence electrons. The summed E-state index contributed by atoms with van der Waals surface area (Å²) in [5, 5.41) is 2.98. The number of halogens is 1. The van der Waals surface area contributed by atoms with Gasteiger partial charge in [0.25, 0.3) is 0 Å². The number of carbonyl (C=O) groups is 1. The molecule has 1 aromatic rings. The molecule has 1 N–H and O–H groups in total. The van der Waals surface area contributed by atoms with Crippen molar-refractivity contribution in [2.45, 2.75) is 38.8 Å². The fourth-order valence-corrected chi connectivity index (χ4v) is 1.99. The molecule has 0 unspecified atom stereocenters. The maximum absolute atomic E-state index is 11.9. The van der Waals surface area contributed by atoms with Crippen molar-refractivity contribution >= 4 is 21.8 Å². The molecule has 0 aliphatic heterocycles. The van der Waals surface area contributed by atoms with Crippen molar-refractivity contribution in [2.24, 2.45) is 5.92 Å². The first-order valence-electron chi connectivity index (χ1n) is 6.09. The minimum Gasteiger partial charge on any atom is -0.490 e. The average Bonchev–Trinajstić information content (AvgIpc) is 2.98. The summed E-state index contributed by atoms with van der Waals surface area (Å²) in [4.78, 5) is 11.9. The van der Waals surface area contributed by atoms with Crippen molar-refractivity contribution in [3.05, 3.63) is 28.7 Å². The SMILES string of the molecule is CC(C)(C)NC(=O)[C@@H]1C[C@H]1Oc1ccc(Br)cc1. The van der Waals surface area contributed by atoms with E-state index in [2.05, 4.69) is 21.2 Å². The molecule has 0 heterocycles. The average molecular weight is 312 g/mol. The lowest BCUT2D eigenvalue weighted by atomic mass is 10.1. The number of amides is 1. The standard InChI is InChI=1S/C14H18BrNO2/c1-14(2,3)16-13(17)11-8-12(11)18-10-6-4-9(15)5-7-10/h4-7,11-12H,8H2,1-3H3,(H,16,17)/t11-,12-/m1/s1. The molecule has 2 rings (SSSR count). The van der Waals surface area contributed by atoms with Crippen LogP contribution in [0, 0.1) is 5.92 Å². The summed E-state index contributed by atoms with van der Waals surface area (Å²) >= 11 is 3.38. The predicted octanol–water partition coefficient (Wildman–Crippen LogP) is 3.13. The second-order valence-corrected chi connectivity index (χ2v) is 6.61. The first kappa shape index (κ1) is 13.4. The zero-order chi connectivity index (χ0) is 13.3. The summed E-state index contributed by atoms with van der Waals surface area (Å²) in [6, 6.07) is 7.67. The summed E-state index contributed by atoms with van der Waals surface area (Å²) in [5.74, 6) is 0.895. The van der Waals surface area contributed by atoms with Crippen molar-refractivity contribution in [1.82, 2.24) is 5.32 Å². The van der Waals surface area contributed by atoms with Crippen LogP contribution in [0.15, 0.2) is 28.7 Å². The number of hydrogen-bond acceptors (Lipinski definition) is 2. The highest BCUT2D eigenvalue weighted by atomic mass is 79.9. The molecule has 2 atom stereocenters. The number of carbonyl (C=O) groups excluding carboxylic acids is 1. The van der Waals surface area contributed by atoms with Crippen molar-refractivity contribution in [2.75, 3.05) is 0 Å². The Morgan fingerprint density at radius 3 is 2.50 bits per heavy atom. The third-order valence-electron chi connectivity index (χ3n) is 2.67. The molecule has 1 fully saturated rings. The molecule has 1 aliphatic carbocycles. The zero-order valence-corrected chi connectivity index (χ0v) is 12.5. The number of rotatable bonds is 3. The van der Waals surface area contributed by atoms with Gasteiger partial charge in [0.05, 0.1) is 5.92 Å². The Labute approximate surface area is 116 Å². The van der Waals surface area contributed by atoms with Gasteiger partial charge in [-0.25, -0.2) is 0 Å². The van der Waals surface area contributed by atoms with Gasteiger partial charge in [-0.15, -0.1) is 0 Å². The van der Waals surface area contributed by atoms with Crippen LogP contribution >= 0.6 is 15.9 Å². The summed E-state index contributed by atoms with van der Waals surface area (Å²) in [7, 11) is 0. The minimum absolute atomic E-state index is 0.00660. The maximum Gasteiger partial charge on any atom is 0.227 e. The monoisotopic (exact) mass is 311 g/mol. The molecule has 3 nitrogen and oxygen atoms in total. The van der Waals surface area contributed by atoms with E-state index in [0.29, 0.717) is 0 Å². The van der Waals surface area contributed by atoms with E-state index >= 15 is 0 Å². The van der Waals surface area contributed by atoms with Crippen LogP contribution in [0.2, 0.25) is 0 Å². The van der Waals surface area contributed by atoms with E-state index in [9.17, 15) is 4.79 Å². The van der Waals surface area contributed by atoms with Gasteiger partial charge in [0.1, 0.15) is 11.9 Å². The number of nitrogens with one attached hydrogen (secondary N) is 1. The highest BCUT2D eigenvalue weighted by molar-refractivity contribution is 9.10. The van der Waals surface area contributed by atoms with Gasteiger partial charge in [-0.05, 0) is 45.0 Å². The molecule has 0 bridgehead atoms. The van der Waals surface area contributed by atoms with E-state index in [1.165, 1.54) is 0 Å². The van der Waals surface area contributed by atoms with Gasteiger partial charge in [-0.2, -0.15) is 0 Å². The third kappa shape index (κ3) is 3.73. The highest BCUT2D eigenvalue weighted by Crippen LogP contribution is 2.35. The van der Waals surface area contributed by atoms with Crippen LogP contribution in [0.5, 0.6) is 5.75 Å². The fraction of sp³-hybridized carbons (Fsp3) is 0.500. The van der Waals surface area contributed by atoms with Crippen LogP contribution < -0.4 is 10.1 Å². The fourth-order valence-electron chi connectivity index (χ4n) is 1.73. The largest absolute Gasteiger partial charge is 0.490 e. The lowest BCUT2D eigenvalue weighted by Crippen LogP contribution is -2.42. The lowest BCUT2D eigenvalue weighted by Gasteiger charge is -2.20. The second kappa shape index (κ2) is 4.92. The molecular weight excluding hydrogens is 294 g/mol. The summed E-state index contributed by atoms with van der Waals surface area (Å²) in [6.07, 6.45) is 0.825. The van der Waals surface area contributed by atoms with E-state index < -0.39 is 0 Å². The van der Waals surface area contributed by atoms with Crippen LogP contribution in [0.3, 0.4) is 0 Å². The first-order valence-corrected chi connectivity index (χ1v) is 6.89. The molecule has 0 spiro atoms. The number of benzene rings is 1. The summed E-state index contributed by atoms with van der Waals surface area (Å²) in [6.45, 7) is 5.95. The smallest absolute Gasteiger partial charge is 0.227 e. The molecule has 1 aliphatic rings. The van der Waals surface area contributed by atoms with Gasteiger partial charge in [-0.1, -0.05) is 15.9 Å². The normalized spacial score (nSPS) is 22.4. The topological polar surface area (TPSA) is 38.3 Å². The molecule has 18 heavy (non-hydrogen) atoms. The quantitative estimate of drug-likeness (QED) is 0.931. The molecule has 1 saturated carbocycles. The van der Waals surface area contributed by atoms with Gasteiger partial charge in [-0.3, -0.25) is 4.79 Å². The number of ether oxygens (including phenoxy) is 1. The Balaban J connectivity index is 1.85. The van der Waals surface area contributed by atoms with Crippen LogP contribution in [0.4, 0.5) is 0 Å². The van der Waals surface area contributed by atoms with Gasteiger partial charge in [0.15, 0.2) is 0 Å². The van der Waals surface area contributed by atoms with Gasteiger partial charge >= 0.3 is 0 Å². The Morgan fingerprint density at radius 2 is 1.94 bits per heavy atom. The molecule has 1 aromatic carbocycles. The van der Waals surface area contributed by atoms with E-state index in [-0.39, 0.29) is 23.5 Å². The van der Waals surface area contributed by atoms with Crippen molar-refractivity contribution in [3.8, 4) is 5.75 Å². The van der Waals surface area contributed by atoms with E-state index in [1.54, 1.807) is 0 Å². The Bertz CT molecular complexity index is 436.